The van der Waals surface area contributed by atoms with Gasteiger partial charge in [0.1, 0.15) is 0 Å². The second-order valence-electron chi connectivity index (χ2n) is 5.11. The summed E-state index contributed by atoms with van der Waals surface area (Å²) in [6.45, 7) is 6.33. The van der Waals surface area contributed by atoms with E-state index in [9.17, 15) is 5.11 Å². The van der Waals surface area contributed by atoms with Crippen molar-refractivity contribution in [3.05, 3.63) is 0 Å². The van der Waals surface area contributed by atoms with Gasteiger partial charge in [0, 0.05) is 25.6 Å². The summed E-state index contributed by atoms with van der Waals surface area (Å²) in [5, 5.41) is 12.8. The average Bonchev–Trinajstić information content (AvgIpc) is 2.94. The lowest BCUT2D eigenvalue weighted by Crippen LogP contribution is -2.26. The summed E-state index contributed by atoms with van der Waals surface area (Å²) in [4.78, 5) is 15.0. The van der Waals surface area contributed by atoms with E-state index < -0.39 is 0 Å². The fraction of sp³-hybridized carbons (Fsp3) is 0.769. The largest absolute Gasteiger partial charge is 0.467 e. The molecule has 0 spiro atoms. The van der Waals surface area contributed by atoms with Gasteiger partial charge in [-0.25, -0.2) is 0 Å². The lowest BCUT2D eigenvalue weighted by atomic mass is 10.0. The number of anilines is 2. The van der Waals surface area contributed by atoms with Crippen molar-refractivity contribution in [2.75, 3.05) is 37.0 Å². The van der Waals surface area contributed by atoms with Gasteiger partial charge in [-0.15, -0.1) is 0 Å². The monoisotopic (exact) mass is 281 g/mol. The molecule has 7 nitrogen and oxygen atoms in total. The van der Waals surface area contributed by atoms with Crippen LogP contribution in [0.1, 0.15) is 26.7 Å². The van der Waals surface area contributed by atoms with Crippen LogP contribution in [0.3, 0.4) is 0 Å². The summed E-state index contributed by atoms with van der Waals surface area (Å²) in [5.74, 6) is 1.41. The maximum absolute atomic E-state index is 9.67. The molecule has 2 heterocycles. The molecule has 2 N–H and O–H groups in total. The average molecular weight is 281 g/mol. The first-order valence-corrected chi connectivity index (χ1v) is 7.11. The van der Waals surface area contributed by atoms with E-state index in [0.29, 0.717) is 17.9 Å². The maximum Gasteiger partial charge on any atom is 0.322 e. The molecule has 0 saturated carbocycles. The molecule has 2 unspecified atom stereocenters. The van der Waals surface area contributed by atoms with Crippen molar-refractivity contribution in [3.8, 4) is 6.01 Å². The van der Waals surface area contributed by atoms with E-state index in [4.69, 9.17) is 4.74 Å². The fourth-order valence-corrected chi connectivity index (χ4v) is 2.26. The highest BCUT2D eigenvalue weighted by Crippen LogP contribution is 2.24. The molecule has 1 aromatic heterocycles. The van der Waals surface area contributed by atoms with Gasteiger partial charge >= 0.3 is 6.01 Å². The van der Waals surface area contributed by atoms with Gasteiger partial charge in [0.05, 0.1) is 13.2 Å². The van der Waals surface area contributed by atoms with Gasteiger partial charge in [0.25, 0.3) is 0 Å². The lowest BCUT2D eigenvalue weighted by Gasteiger charge is -2.18. The number of rotatable bonds is 6. The summed E-state index contributed by atoms with van der Waals surface area (Å²) < 4.78 is 5.13. The number of nitrogens with one attached hydrogen (secondary N) is 1. The number of aliphatic hydroxyl groups excluding tert-OH is 1. The second-order valence-corrected chi connectivity index (χ2v) is 5.11. The molecule has 7 heteroatoms. The molecule has 1 saturated heterocycles. The summed E-state index contributed by atoms with van der Waals surface area (Å²) >= 11 is 0. The van der Waals surface area contributed by atoms with Crippen LogP contribution in [-0.4, -0.2) is 52.9 Å². The second kappa shape index (κ2) is 6.69. The first-order chi connectivity index (χ1) is 9.63. The Balaban J connectivity index is 2.14. The van der Waals surface area contributed by atoms with Gasteiger partial charge in [-0.05, 0) is 19.8 Å². The highest BCUT2D eigenvalue weighted by molar-refractivity contribution is 5.39. The first-order valence-electron chi connectivity index (χ1n) is 7.11. The Morgan fingerprint density at radius 1 is 1.45 bits per heavy atom. The van der Waals surface area contributed by atoms with Gasteiger partial charge in [-0.1, -0.05) is 6.92 Å². The van der Waals surface area contributed by atoms with Crippen LogP contribution in [0.15, 0.2) is 0 Å². The molecule has 1 aromatic rings. The minimum absolute atomic E-state index is 0.268. The van der Waals surface area contributed by atoms with Crippen molar-refractivity contribution < 1.29 is 9.84 Å². The predicted octanol–water partition coefficient (Wildman–Crippen LogP) is 0.909. The third-order valence-corrected chi connectivity index (χ3v) is 3.51. The van der Waals surface area contributed by atoms with Crippen LogP contribution in [0.2, 0.25) is 0 Å². The van der Waals surface area contributed by atoms with Gasteiger partial charge in [-0.3, -0.25) is 0 Å². The van der Waals surface area contributed by atoms with Crippen LogP contribution >= 0.6 is 0 Å². The zero-order chi connectivity index (χ0) is 14.5. The zero-order valence-electron chi connectivity index (χ0n) is 12.3. The molecule has 2 rings (SSSR count). The molecule has 0 bridgehead atoms. The number of aromatic nitrogens is 3. The molecule has 2 atom stereocenters. The molecule has 1 fully saturated rings. The normalized spacial score (nSPS) is 20.0. The van der Waals surface area contributed by atoms with Crippen molar-refractivity contribution in [2.45, 2.75) is 32.8 Å². The topological polar surface area (TPSA) is 83.4 Å². The van der Waals surface area contributed by atoms with Gasteiger partial charge < -0.3 is 20.1 Å². The predicted molar refractivity (Wildman–Crippen MR) is 77.2 cm³/mol. The van der Waals surface area contributed by atoms with E-state index in [-0.39, 0.29) is 12.0 Å². The van der Waals surface area contributed by atoms with E-state index in [1.54, 1.807) is 7.11 Å². The van der Waals surface area contributed by atoms with Crippen LogP contribution in [-0.2, 0) is 0 Å². The van der Waals surface area contributed by atoms with Crippen molar-refractivity contribution in [3.63, 3.8) is 0 Å². The Hall–Kier alpha value is -1.63. The van der Waals surface area contributed by atoms with E-state index in [1.807, 2.05) is 6.92 Å². The smallest absolute Gasteiger partial charge is 0.322 e. The van der Waals surface area contributed by atoms with Crippen LogP contribution in [0, 0.1) is 5.92 Å². The quantitative estimate of drug-likeness (QED) is 0.801. The Bertz CT molecular complexity index is 441. The van der Waals surface area contributed by atoms with Crippen molar-refractivity contribution in [1.82, 2.24) is 15.0 Å². The van der Waals surface area contributed by atoms with Gasteiger partial charge in [-0.2, -0.15) is 15.0 Å². The van der Waals surface area contributed by atoms with E-state index in [0.717, 1.165) is 32.5 Å². The molecule has 1 aliphatic rings. The summed E-state index contributed by atoms with van der Waals surface area (Å²) in [6, 6.07) is 0.314. The van der Waals surface area contributed by atoms with Crippen LogP contribution in [0.25, 0.3) is 0 Å². The minimum Gasteiger partial charge on any atom is -0.467 e. The molecule has 112 valence electrons. The summed E-state index contributed by atoms with van der Waals surface area (Å²) in [6.07, 6.45) is 1.64. The fourth-order valence-electron chi connectivity index (χ4n) is 2.26. The molecular weight excluding hydrogens is 258 g/mol. The van der Waals surface area contributed by atoms with Crippen LogP contribution in [0.4, 0.5) is 11.9 Å². The number of hydrogen-bond acceptors (Lipinski definition) is 7. The van der Waals surface area contributed by atoms with Crippen molar-refractivity contribution in [2.24, 2.45) is 5.92 Å². The van der Waals surface area contributed by atoms with E-state index in [2.05, 4.69) is 32.1 Å². The Morgan fingerprint density at radius 3 is 2.85 bits per heavy atom. The number of aliphatic hydroxyl groups is 1. The Morgan fingerprint density at radius 2 is 2.25 bits per heavy atom. The standard InChI is InChI=1S/C13H23N5O2/c1-4-6-14-11-15-12(17-13(16-11)20-3)18-7-5-10(8-18)9(2)19/h9-10,19H,4-8H2,1-3H3,(H,14,15,16,17). The first kappa shape index (κ1) is 14.8. The van der Waals surface area contributed by atoms with Crippen molar-refractivity contribution in [1.29, 1.82) is 0 Å². The maximum atomic E-state index is 9.67. The molecule has 0 aromatic carbocycles. The van der Waals surface area contributed by atoms with Gasteiger partial charge in [0.15, 0.2) is 0 Å². The van der Waals surface area contributed by atoms with Crippen molar-refractivity contribution >= 4 is 11.9 Å². The van der Waals surface area contributed by atoms with Crippen LogP contribution in [0.5, 0.6) is 6.01 Å². The van der Waals surface area contributed by atoms with E-state index in [1.165, 1.54) is 0 Å². The molecule has 1 aliphatic heterocycles. The third kappa shape index (κ3) is 3.47. The zero-order valence-corrected chi connectivity index (χ0v) is 12.3. The van der Waals surface area contributed by atoms with E-state index >= 15 is 0 Å². The highest BCUT2D eigenvalue weighted by Gasteiger charge is 2.28. The van der Waals surface area contributed by atoms with Gasteiger partial charge in [0.2, 0.25) is 11.9 Å². The molecular formula is C13H23N5O2. The lowest BCUT2D eigenvalue weighted by molar-refractivity contribution is 0.136. The summed E-state index contributed by atoms with van der Waals surface area (Å²) in [5.41, 5.74) is 0. The SMILES string of the molecule is CCCNc1nc(OC)nc(N2CCC(C(C)O)C2)n1. The number of methoxy groups -OCH3 is 1. The number of hydrogen-bond donors (Lipinski definition) is 2. The highest BCUT2D eigenvalue weighted by atomic mass is 16.5. The Kier molecular flexibility index (Phi) is 4.94. The third-order valence-electron chi connectivity index (χ3n) is 3.51. The molecule has 0 radical (unpaired) electrons. The molecule has 0 aliphatic carbocycles. The molecule has 0 amide bonds. The number of nitrogens with zero attached hydrogens (tertiary/aromatic N) is 4. The summed E-state index contributed by atoms with van der Waals surface area (Å²) in [7, 11) is 1.55. The Labute approximate surface area is 119 Å². The molecule has 20 heavy (non-hydrogen) atoms. The minimum atomic E-state index is -0.304. The van der Waals surface area contributed by atoms with Crippen LogP contribution < -0.4 is 15.0 Å². The number of ether oxygens (including phenoxy) is 1.